The summed E-state index contributed by atoms with van der Waals surface area (Å²) in [5, 5.41) is 12.7. The van der Waals surface area contributed by atoms with Gasteiger partial charge in [0.25, 0.3) is 0 Å². The third kappa shape index (κ3) is 3.96. The van der Waals surface area contributed by atoms with E-state index in [1.54, 1.807) is 18.7 Å². The van der Waals surface area contributed by atoms with Crippen molar-refractivity contribution in [3.63, 3.8) is 0 Å². The minimum atomic E-state index is -4.58. The number of piperidine rings is 1. The molecule has 0 aliphatic carbocycles. The standard InChI is InChI=1S/C13H19F3N4O/c1-3-17-9-8-10(19-11(18-9)13(14,15)16)20-6-4-12(2,21)5-7-20/h8,21H,3-7H2,1-2H3,(H,17,18,19). The van der Waals surface area contributed by atoms with Crippen molar-refractivity contribution in [2.24, 2.45) is 0 Å². The highest BCUT2D eigenvalue weighted by molar-refractivity contribution is 5.50. The van der Waals surface area contributed by atoms with Gasteiger partial charge in [-0.05, 0) is 26.7 Å². The molecule has 1 aliphatic rings. The molecule has 21 heavy (non-hydrogen) atoms. The van der Waals surface area contributed by atoms with Crippen LogP contribution in [0.4, 0.5) is 24.8 Å². The number of aliphatic hydroxyl groups is 1. The number of nitrogens with zero attached hydrogens (tertiary/aromatic N) is 3. The van der Waals surface area contributed by atoms with Gasteiger partial charge in [-0.3, -0.25) is 0 Å². The molecule has 2 N–H and O–H groups in total. The first-order valence-corrected chi connectivity index (χ1v) is 6.89. The van der Waals surface area contributed by atoms with Gasteiger partial charge in [-0.2, -0.15) is 13.2 Å². The van der Waals surface area contributed by atoms with Crippen molar-refractivity contribution in [3.8, 4) is 0 Å². The second-order valence-electron chi connectivity index (χ2n) is 5.45. The van der Waals surface area contributed by atoms with Crippen LogP contribution in [0, 0.1) is 0 Å². The van der Waals surface area contributed by atoms with Crippen LogP contribution in [0.2, 0.25) is 0 Å². The third-order valence-corrected chi connectivity index (χ3v) is 3.49. The Morgan fingerprint density at radius 3 is 2.48 bits per heavy atom. The van der Waals surface area contributed by atoms with Crippen LogP contribution in [-0.2, 0) is 6.18 Å². The zero-order valence-electron chi connectivity index (χ0n) is 12.0. The SMILES string of the molecule is CCNc1cc(N2CCC(C)(O)CC2)nc(C(F)(F)F)n1. The quantitative estimate of drug-likeness (QED) is 0.897. The Balaban J connectivity index is 2.28. The molecule has 0 spiro atoms. The van der Waals surface area contributed by atoms with Crippen LogP contribution in [-0.4, -0.2) is 40.3 Å². The van der Waals surface area contributed by atoms with Crippen molar-refractivity contribution in [1.29, 1.82) is 0 Å². The number of anilines is 2. The Hall–Kier alpha value is -1.57. The summed E-state index contributed by atoms with van der Waals surface area (Å²) in [5.74, 6) is -0.746. The van der Waals surface area contributed by atoms with Crippen molar-refractivity contribution in [3.05, 3.63) is 11.9 Å². The van der Waals surface area contributed by atoms with Gasteiger partial charge in [0.1, 0.15) is 11.6 Å². The van der Waals surface area contributed by atoms with Crippen LogP contribution in [0.25, 0.3) is 0 Å². The summed E-state index contributed by atoms with van der Waals surface area (Å²) in [5.41, 5.74) is -0.763. The van der Waals surface area contributed by atoms with E-state index in [1.807, 2.05) is 0 Å². The predicted molar refractivity (Wildman–Crippen MR) is 73.3 cm³/mol. The molecular formula is C13H19F3N4O. The van der Waals surface area contributed by atoms with Gasteiger partial charge in [0.05, 0.1) is 5.60 Å². The first-order valence-electron chi connectivity index (χ1n) is 6.89. The summed E-state index contributed by atoms with van der Waals surface area (Å²) in [4.78, 5) is 8.87. The smallest absolute Gasteiger partial charge is 0.390 e. The Kier molecular flexibility index (Phi) is 4.27. The van der Waals surface area contributed by atoms with Crippen LogP contribution in [0.15, 0.2) is 6.07 Å². The summed E-state index contributed by atoms with van der Waals surface area (Å²) < 4.78 is 38.6. The maximum atomic E-state index is 12.9. The molecule has 1 aromatic rings. The molecule has 1 aromatic heterocycles. The van der Waals surface area contributed by atoms with Gasteiger partial charge in [-0.15, -0.1) is 0 Å². The lowest BCUT2D eigenvalue weighted by atomic mass is 9.94. The number of alkyl halides is 3. The van der Waals surface area contributed by atoms with Gasteiger partial charge in [0.15, 0.2) is 0 Å². The fourth-order valence-electron chi connectivity index (χ4n) is 2.21. The van der Waals surface area contributed by atoms with E-state index in [1.165, 1.54) is 6.07 Å². The average molecular weight is 304 g/mol. The Bertz CT molecular complexity index is 495. The molecule has 5 nitrogen and oxygen atoms in total. The number of aromatic nitrogens is 2. The number of hydrogen-bond acceptors (Lipinski definition) is 5. The molecule has 0 aromatic carbocycles. The largest absolute Gasteiger partial charge is 0.451 e. The van der Waals surface area contributed by atoms with E-state index in [9.17, 15) is 18.3 Å². The van der Waals surface area contributed by atoms with Gasteiger partial charge in [-0.25, -0.2) is 9.97 Å². The normalized spacial score (nSPS) is 18.7. The van der Waals surface area contributed by atoms with Crippen LogP contribution in [0.1, 0.15) is 32.5 Å². The van der Waals surface area contributed by atoms with Crippen molar-refractivity contribution < 1.29 is 18.3 Å². The molecule has 2 heterocycles. The molecule has 2 rings (SSSR count). The molecule has 1 fully saturated rings. The van der Waals surface area contributed by atoms with Crippen LogP contribution in [0.3, 0.4) is 0 Å². The summed E-state index contributed by atoms with van der Waals surface area (Å²) >= 11 is 0. The maximum absolute atomic E-state index is 12.9. The fraction of sp³-hybridized carbons (Fsp3) is 0.692. The third-order valence-electron chi connectivity index (χ3n) is 3.49. The highest BCUT2D eigenvalue weighted by atomic mass is 19.4. The van der Waals surface area contributed by atoms with E-state index in [-0.39, 0.29) is 11.6 Å². The molecule has 0 atom stereocenters. The molecule has 0 unspecified atom stereocenters. The van der Waals surface area contributed by atoms with Crippen molar-refractivity contribution in [2.75, 3.05) is 29.9 Å². The lowest BCUT2D eigenvalue weighted by Crippen LogP contribution is -2.43. The van der Waals surface area contributed by atoms with E-state index in [0.29, 0.717) is 32.5 Å². The van der Waals surface area contributed by atoms with Crippen LogP contribution in [0.5, 0.6) is 0 Å². The van der Waals surface area contributed by atoms with Crippen LogP contribution >= 0.6 is 0 Å². The second-order valence-corrected chi connectivity index (χ2v) is 5.45. The first-order chi connectivity index (χ1) is 9.71. The summed E-state index contributed by atoms with van der Waals surface area (Å²) in [7, 11) is 0. The molecule has 0 radical (unpaired) electrons. The fourth-order valence-corrected chi connectivity index (χ4v) is 2.21. The van der Waals surface area contributed by atoms with Gasteiger partial charge in [-0.1, -0.05) is 0 Å². The highest BCUT2D eigenvalue weighted by Gasteiger charge is 2.36. The average Bonchev–Trinajstić information content (AvgIpc) is 2.37. The van der Waals surface area contributed by atoms with Gasteiger partial charge >= 0.3 is 6.18 Å². The zero-order chi connectivity index (χ0) is 15.7. The van der Waals surface area contributed by atoms with E-state index >= 15 is 0 Å². The zero-order valence-corrected chi connectivity index (χ0v) is 12.0. The molecule has 0 amide bonds. The number of halogens is 3. The van der Waals surface area contributed by atoms with E-state index in [4.69, 9.17) is 0 Å². The number of nitrogens with one attached hydrogen (secondary N) is 1. The molecular weight excluding hydrogens is 285 g/mol. The molecule has 118 valence electrons. The minimum Gasteiger partial charge on any atom is -0.390 e. The van der Waals surface area contributed by atoms with Crippen LogP contribution < -0.4 is 10.2 Å². The highest BCUT2D eigenvalue weighted by Crippen LogP contribution is 2.31. The Labute approximate surface area is 121 Å². The topological polar surface area (TPSA) is 61.3 Å². The molecule has 0 saturated carbocycles. The molecule has 1 saturated heterocycles. The first kappa shape index (κ1) is 15.8. The van der Waals surface area contributed by atoms with Gasteiger partial charge in [0.2, 0.25) is 5.82 Å². The van der Waals surface area contributed by atoms with Crippen molar-refractivity contribution in [2.45, 2.75) is 38.5 Å². The lowest BCUT2D eigenvalue weighted by molar-refractivity contribution is -0.144. The number of hydrogen-bond donors (Lipinski definition) is 2. The minimum absolute atomic E-state index is 0.159. The second kappa shape index (κ2) is 5.67. The van der Waals surface area contributed by atoms with E-state index in [2.05, 4.69) is 15.3 Å². The monoisotopic (exact) mass is 304 g/mol. The van der Waals surface area contributed by atoms with Crippen molar-refractivity contribution in [1.82, 2.24) is 9.97 Å². The Morgan fingerprint density at radius 1 is 1.33 bits per heavy atom. The summed E-state index contributed by atoms with van der Waals surface area (Å²) in [6.07, 6.45) is -3.59. The Morgan fingerprint density at radius 2 is 1.95 bits per heavy atom. The summed E-state index contributed by atoms with van der Waals surface area (Å²) in [6, 6.07) is 1.51. The molecule has 0 bridgehead atoms. The maximum Gasteiger partial charge on any atom is 0.451 e. The summed E-state index contributed by atoms with van der Waals surface area (Å²) in [6.45, 7) is 4.92. The van der Waals surface area contributed by atoms with E-state index < -0.39 is 17.6 Å². The van der Waals surface area contributed by atoms with Crippen molar-refractivity contribution >= 4 is 11.6 Å². The predicted octanol–water partition coefficient (Wildman–Crippen LogP) is 2.28. The lowest BCUT2D eigenvalue weighted by Gasteiger charge is -2.36. The molecule has 1 aliphatic heterocycles. The molecule has 8 heteroatoms. The van der Waals surface area contributed by atoms with Gasteiger partial charge < -0.3 is 15.3 Å². The van der Waals surface area contributed by atoms with Gasteiger partial charge in [0, 0.05) is 25.7 Å². The number of rotatable bonds is 3. The van der Waals surface area contributed by atoms with E-state index in [0.717, 1.165) is 0 Å².